The van der Waals surface area contributed by atoms with Gasteiger partial charge in [0.15, 0.2) is 5.69 Å². The summed E-state index contributed by atoms with van der Waals surface area (Å²) in [6.45, 7) is 7.99. The Hall–Kier alpha value is -1.69. The number of hydrogen-bond acceptors (Lipinski definition) is 4. The average molecular weight is 235 g/mol. The molecule has 17 heavy (non-hydrogen) atoms. The quantitative estimate of drug-likeness (QED) is 0.750. The number of aromatic nitrogens is 3. The molecule has 2 heterocycles. The molecule has 0 bridgehead atoms. The van der Waals surface area contributed by atoms with Gasteiger partial charge in [0.2, 0.25) is 0 Å². The lowest BCUT2D eigenvalue weighted by Gasteiger charge is -2.26. The molecular weight excluding hydrogens is 218 g/mol. The van der Waals surface area contributed by atoms with Gasteiger partial charge in [-0.25, -0.2) is 4.68 Å². The molecule has 0 radical (unpaired) electrons. The number of nitrogens with zero attached hydrogens (tertiary/aromatic N) is 4. The Labute approximate surface area is 100 Å². The first-order valence-corrected chi connectivity index (χ1v) is 5.60. The van der Waals surface area contributed by atoms with Gasteiger partial charge in [-0.05, 0) is 6.92 Å². The predicted octanol–water partition coefficient (Wildman–Crippen LogP) is 0.0705. The molecule has 0 saturated carbocycles. The highest BCUT2D eigenvalue weighted by atomic mass is 16.2. The third-order valence-electron chi connectivity index (χ3n) is 2.72. The van der Waals surface area contributed by atoms with Crippen molar-refractivity contribution in [1.82, 2.24) is 25.2 Å². The normalized spacial score (nSPS) is 15.4. The molecule has 92 valence electrons. The molecule has 0 aliphatic carbocycles. The topological polar surface area (TPSA) is 63.1 Å². The van der Waals surface area contributed by atoms with Crippen LogP contribution in [0.1, 0.15) is 23.5 Å². The zero-order valence-corrected chi connectivity index (χ0v) is 10.2. The summed E-state index contributed by atoms with van der Waals surface area (Å²) in [7, 11) is 1.74. The zero-order chi connectivity index (χ0) is 12.4. The Kier molecular flexibility index (Phi) is 3.23. The SMILES string of the molecule is C=C(C)CN(C)C(=O)c1cn(C2CNC2)nn1. The van der Waals surface area contributed by atoms with Crippen molar-refractivity contribution in [3.8, 4) is 0 Å². The number of likely N-dealkylation sites (N-methyl/N-ethyl adjacent to an activating group) is 1. The van der Waals surface area contributed by atoms with Gasteiger partial charge in [0.1, 0.15) is 0 Å². The lowest BCUT2D eigenvalue weighted by atomic mass is 10.2. The summed E-state index contributed by atoms with van der Waals surface area (Å²) in [5.41, 5.74) is 1.33. The van der Waals surface area contributed by atoms with Crippen molar-refractivity contribution in [2.24, 2.45) is 0 Å². The number of nitrogens with one attached hydrogen (secondary N) is 1. The van der Waals surface area contributed by atoms with Crippen molar-refractivity contribution < 1.29 is 4.79 Å². The molecule has 1 aromatic rings. The molecule has 0 aromatic carbocycles. The second kappa shape index (κ2) is 4.67. The Morgan fingerprint density at radius 2 is 2.41 bits per heavy atom. The number of carbonyl (C=O) groups excluding carboxylic acids is 1. The second-order valence-corrected chi connectivity index (χ2v) is 4.51. The van der Waals surface area contributed by atoms with Crippen molar-refractivity contribution >= 4 is 5.91 Å². The fourth-order valence-electron chi connectivity index (χ4n) is 1.69. The molecule has 1 fully saturated rings. The molecule has 1 N–H and O–H groups in total. The van der Waals surface area contributed by atoms with E-state index in [0.29, 0.717) is 18.3 Å². The van der Waals surface area contributed by atoms with Crippen LogP contribution in [0.4, 0.5) is 0 Å². The van der Waals surface area contributed by atoms with E-state index in [4.69, 9.17) is 0 Å². The highest BCUT2D eigenvalue weighted by molar-refractivity contribution is 5.91. The molecule has 1 aliphatic heterocycles. The average Bonchev–Trinajstić information content (AvgIpc) is 2.61. The molecular formula is C11H17N5O. The van der Waals surface area contributed by atoms with E-state index < -0.39 is 0 Å². The van der Waals surface area contributed by atoms with E-state index in [1.807, 2.05) is 6.92 Å². The van der Waals surface area contributed by atoms with Crippen LogP contribution in [0.3, 0.4) is 0 Å². The van der Waals surface area contributed by atoms with Crippen LogP contribution < -0.4 is 5.32 Å². The van der Waals surface area contributed by atoms with Crippen molar-refractivity contribution in [3.63, 3.8) is 0 Å². The highest BCUT2D eigenvalue weighted by Gasteiger charge is 2.22. The Morgan fingerprint density at radius 3 is 2.94 bits per heavy atom. The summed E-state index contributed by atoms with van der Waals surface area (Å²) in [6, 6.07) is 0.329. The maximum atomic E-state index is 12.0. The van der Waals surface area contributed by atoms with Crippen molar-refractivity contribution in [1.29, 1.82) is 0 Å². The fourth-order valence-corrected chi connectivity index (χ4v) is 1.69. The van der Waals surface area contributed by atoms with E-state index in [-0.39, 0.29) is 5.91 Å². The van der Waals surface area contributed by atoms with Crippen LogP contribution in [-0.4, -0.2) is 52.5 Å². The monoisotopic (exact) mass is 235 g/mol. The van der Waals surface area contributed by atoms with E-state index in [1.165, 1.54) is 0 Å². The van der Waals surface area contributed by atoms with Gasteiger partial charge in [0, 0.05) is 26.7 Å². The Bertz CT molecular complexity index is 435. The Morgan fingerprint density at radius 1 is 1.71 bits per heavy atom. The molecule has 0 spiro atoms. The molecule has 6 heteroatoms. The number of rotatable bonds is 4. The molecule has 1 amide bonds. The summed E-state index contributed by atoms with van der Waals surface area (Å²) in [6.07, 6.45) is 1.71. The van der Waals surface area contributed by atoms with E-state index in [1.54, 1.807) is 22.8 Å². The van der Waals surface area contributed by atoms with Crippen molar-refractivity contribution in [2.45, 2.75) is 13.0 Å². The number of carbonyl (C=O) groups is 1. The first-order chi connectivity index (χ1) is 8.08. The third kappa shape index (κ3) is 2.52. The lowest BCUT2D eigenvalue weighted by Crippen LogP contribution is -2.43. The predicted molar refractivity (Wildman–Crippen MR) is 63.7 cm³/mol. The van der Waals surface area contributed by atoms with Gasteiger partial charge in [0.05, 0.1) is 12.2 Å². The van der Waals surface area contributed by atoms with E-state index in [2.05, 4.69) is 22.2 Å². The summed E-state index contributed by atoms with van der Waals surface area (Å²) < 4.78 is 1.75. The van der Waals surface area contributed by atoms with Crippen LogP contribution in [0.5, 0.6) is 0 Å². The van der Waals surface area contributed by atoms with Crippen LogP contribution in [-0.2, 0) is 0 Å². The van der Waals surface area contributed by atoms with Crippen LogP contribution in [0, 0.1) is 0 Å². The minimum atomic E-state index is -0.119. The smallest absolute Gasteiger partial charge is 0.276 e. The molecule has 6 nitrogen and oxygen atoms in total. The van der Waals surface area contributed by atoms with Crippen LogP contribution in [0.15, 0.2) is 18.3 Å². The highest BCUT2D eigenvalue weighted by Crippen LogP contribution is 2.10. The minimum Gasteiger partial charge on any atom is -0.336 e. The molecule has 1 saturated heterocycles. The van der Waals surface area contributed by atoms with Crippen molar-refractivity contribution in [2.75, 3.05) is 26.7 Å². The summed E-state index contributed by atoms with van der Waals surface area (Å²) in [5.74, 6) is -0.119. The maximum Gasteiger partial charge on any atom is 0.276 e. The van der Waals surface area contributed by atoms with Crippen LogP contribution in [0.2, 0.25) is 0 Å². The lowest BCUT2D eigenvalue weighted by molar-refractivity contribution is 0.0801. The van der Waals surface area contributed by atoms with Crippen LogP contribution in [0.25, 0.3) is 0 Å². The molecule has 1 aromatic heterocycles. The van der Waals surface area contributed by atoms with Gasteiger partial charge < -0.3 is 10.2 Å². The summed E-state index contributed by atoms with van der Waals surface area (Å²) >= 11 is 0. The molecule has 0 atom stereocenters. The maximum absolute atomic E-state index is 12.0. The molecule has 0 unspecified atom stereocenters. The van der Waals surface area contributed by atoms with E-state index in [0.717, 1.165) is 18.7 Å². The van der Waals surface area contributed by atoms with Gasteiger partial charge in [0.25, 0.3) is 5.91 Å². The fraction of sp³-hybridized carbons (Fsp3) is 0.545. The molecule has 2 rings (SSSR count). The summed E-state index contributed by atoms with van der Waals surface area (Å²) in [4.78, 5) is 13.6. The zero-order valence-electron chi connectivity index (χ0n) is 10.2. The summed E-state index contributed by atoms with van der Waals surface area (Å²) in [5, 5.41) is 11.0. The first kappa shape index (κ1) is 11.8. The van der Waals surface area contributed by atoms with E-state index in [9.17, 15) is 4.79 Å². The van der Waals surface area contributed by atoms with Gasteiger partial charge in [-0.2, -0.15) is 0 Å². The largest absolute Gasteiger partial charge is 0.336 e. The van der Waals surface area contributed by atoms with Crippen LogP contribution >= 0.6 is 0 Å². The van der Waals surface area contributed by atoms with Gasteiger partial charge in [-0.15, -0.1) is 5.10 Å². The number of hydrogen-bond donors (Lipinski definition) is 1. The first-order valence-electron chi connectivity index (χ1n) is 5.60. The van der Waals surface area contributed by atoms with E-state index >= 15 is 0 Å². The number of amides is 1. The Balaban J connectivity index is 2.03. The van der Waals surface area contributed by atoms with Crippen molar-refractivity contribution in [3.05, 3.63) is 24.0 Å². The second-order valence-electron chi connectivity index (χ2n) is 4.51. The third-order valence-corrected chi connectivity index (χ3v) is 2.72. The van der Waals surface area contributed by atoms with Gasteiger partial charge in [-0.1, -0.05) is 17.4 Å². The molecule has 1 aliphatic rings. The standard InChI is InChI=1S/C11H17N5O/c1-8(2)6-15(3)11(17)10-7-16(14-13-10)9-4-12-5-9/h7,9,12H,1,4-6H2,2-3H3. The van der Waals surface area contributed by atoms with Gasteiger partial charge >= 0.3 is 0 Å². The van der Waals surface area contributed by atoms with Gasteiger partial charge in [-0.3, -0.25) is 4.79 Å². The minimum absolute atomic E-state index is 0.119.